The number of hydrogen-bond acceptors (Lipinski definition) is 4. The molecule has 4 nitrogen and oxygen atoms in total. The maximum atomic E-state index is 8.85. The molecule has 0 aliphatic carbocycles. The molecule has 0 radical (unpaired) electrons. The molecule has 17 heavy (non-hydrogen) atoms. The molecule has 2 rings (SSSR count). The van der Waals surface area contributed by atoms with Crippen LogP contribution >= 0.6 is 11.6 Å². The standard InChI is InChI=1S/C12H14ClN3O/c1-8(11-3-2-4-15-11)17-10-5-9(6-14)12(13)16-7-10/h5,7-8,11,15H,2-4H2,1H3/t8?,11-/m0/s1. The van der Waals surface area contributed by atoms with Crippen LogP contribution in [0.25, 0.3) is 0 Å². The molecule has 1 aliphatic heterocycles. The molecule has 0 aromatic carbocycles. The molecule has 5 heteroatoms. The lowest BCUT2D eigenvalue weighted by Gasteiger charge is -2.21. The Morgan fingerprint density at radius 2 is 2.53 bits per heavy atom. The van der Waals surface area contributed by atoms with Crippen molar-refractivity contribution >= 4 is 11.6 Å². The SMILES string of the molecule is CC(Oc1cnc(Cl)c(C#N)c1)[C@@H]1CCCN1. The minimum absolute atomic E-state index is 0.0621. The van der Waals surface area contributed by atoms with Crippen molar-refractivity contribution < 1.29 is 4.74 Å². The second-order valence-corrected chi connectivity index (χ2v) is 4.51. The van der Waals surface area contributed by atoms with Crippen LogP contribution in [-0.4, -0.2) is 23.7 Å². The Balaban J connectivity index is 2.05. The van der Waals surface area contributed by atoms with Gasteiger partial charge in [0.25, 0.3) is 0 Å². The highest BCUT2D eigenvalue weighted by atomic mass is 35.5. The maximum absolute atomic E-state index is 8.85. The molecule has 1 saturated heterocycles. The summed E-state index contributed by atoms with van der Waals surface area (Å²) in [6.07, 6.45) is 3.91. The molecule has 0 bridgehead atoms. The Kier molecular flexibility index (Phi) is 3.82. The third-order valence-electron chi connectivity index (χ3n) is 2.92. The Morgan fingerprint density at radius 3 is 3.18 bits per heavy atom. The van der Waals surface area contributed by atoms with Crippen molar-refractivity contribution in [2.75, 3.05) is 6.54 Å². The monoisotopic (exact) mass is 251 g/mol. The average Bonchev–Trinajstić information content (AvgIpc) is 2.85. The quantitative estimate of drug-likeness (QED) is 0.836. The zero-order valence-corrected chi connectivity index (χ0v) is 10.4. The number of pyridine rings is 1. The van der Waals surface area contributed by atoms with E-state index >= 15 is 0 Å². The molecular weight excluding hydrogens is 238 g/mol. The number of nitriles is 1. The topological polar surface area (TPSA) is 57.9 Å². The first kappa shape index (κ1) is 12.2. The molecule has 90 valence electrons. The fraction of sp³-hybridized carbons (Fsp3) is 0.500. The number of hydrogen-bond donors (Lipinski definition) is 1. The fourth-order valence-electron chi connectivity index (χ4n) is 1.98. The van der Waals surface area contributed by atoms with Crippen molar-refractivity contribution in [2.45, 2.75) is 31.9 Å². The molecule has 0 spiro atoms. The number of halogens is 1. The molecule has 1 aromatic rings. The Labute approximate surface area is 106 Å². The van der Waals surface area contributed by atoms with Crippen LogP contribution in [0.1, 0.15) is 25.3 Å². The third kappa shape index (κ3) is 2.87. The predicted molar refractivity (Wildman–Crippen MR) is 65.1 cm³/mol. The van der Waals surface area contributed by atoms with Crippen LogP contribution in [0.5, 0.6) is 5.75 Å². The largest absolute Gasteiger partial charge is 0.487 e. The second kappa shape index (κ2) is 5.35. The number of ether oxygens (including phenoxy) is 1. The van der Waals surface area contributed by atoms with Gasteiger partial charge in [-0.2, -0.15) is 5.26 Å². The molecule has 1 aliphatic rings. The summed E-state index contributed by atoms with van der Waals surface area (Å²) >= 11 is 5.76. The van der Waals surface area contributed by atoms with E-state index in [-0.39, 0.29) is 11.3 Å². The normalized spacial score (nSPS) is 20.9. The van der Waals surface area contributed by atoms with Crippen LogP contribution in [0.2, 0.25) is 5.15 Å². The molecule has 2 atom stereocenters. The molecule has 0 saturated carbocycles. The first-order valence-electron chi connectivity index (χ1n) is 5.66. The van der Waals surface area contributed by atoms with Crippen molar-refractivity contribution in [1.82, 2.24) is 10.3 Å². The third-order valence-corrected chi connectivity index (χ3v) is 3.22. The highest BCUT2D eigenvalue weighted by Crippen LogP contribution is 2.21. The van der Waals surface area contributed by atoms with Crippen LogP contribution in [0.15, 0.2) is 12.3 Å². The first-order valence-corrected chi connectivity index (χ1v) is 6.04. The van der Waals surface area contributed by atoms with Crippen LogP contribution in [0, 0.1) is 11.3 Å². The lowest BCUT2D eigenvalue weighted by Crippen LogP contribution is -2.36. The lowest BCUT2D eigenvalue weighted by atomic mass is 10.1. The van der Waals surface area contributed by atoms with Gasteiger partial charge in [0.15, 0.2) is 0 Å². The minimum Gasteiger partial charge on any atom is -0.487 e. The van der Waals surface area contributed by atoms with Gasteiger partial charge in [0.05, 0.1) is 11.8 Å². The number of nitrogens with zero attached hydrogens (tertiary/aromatic N) is 2. The van der Waals surface area contributed by atoms with Gasteiger partial charge in [-0.15, -0.1) is 0 Å². The number of nitrogens with one attached hydrogen (secondary N) is 1. The molecule has 1 N–H and O–H groups in total. The molecule has 0 amide bonds. The van der Waals surface area contributed by atoms with Gasteiger partial charge in [0, 0.05) is 12.1 Å². The van der Waals surface area contributed by atoms with Gasteiger partial charge >= 0.3 is 0 Å². The predicted octanol–water partition coefficient (Wildman–Crippen LogP) is 2.13. The Bertz CT molecular complexity index is 438. The van der Waals surface area contributed by atoms with E-state index in [2.05, 4.69) is 10.3 Å². The highest BCUT2D eigenvalue weighted by molar-refractivity contribution is 6.30. The van der Waals surface area contributed by atoms with E-state index in [0.717, 1.165) is 13.0 Å². The van der Waals surface area contributed by atoms with E-state index in [0.29, 0.717) is 17.4 Å². The van der Waals surface area contributed by atoms with Gasteiger partial charge < -0.3 is 10.1 Å². The lowest BCUT2D eigenvalue weighted by molar-refractivity contribution is 0.179. The smallest absolute Gasteiger partial charge is 0.147 e. The minimum atomic E-state index is 0.0621. The van der Waals surface area contributed by atoms with E-state index in [9.17, 15) is 0 Å². The summed E-state index contributed by atoms with van der Waals surface area (Å²) in [4.78, 5) is 3.93. The maximum Gasteiger partial charge on any atom is 0.147 e. The van der Waals surface area contributed by atoms with Crippen LogP contribution in [0.4, 0.5) is 0 Å². The molecule has 1 aromatic heterocycles. The van der Waals surface area contributed by atoms with E-state index in [1.54, 1.807) is 12.3 Å². The van der Waals surface area contributed by atoms with Crippen LogP contribution in [-0.2, 0) is 0 Å². The molecular formula is C12H14ClN3O. The fourth-order valence-corrected chi connectivity index (χ4v) is 2.13. The van der Waals surface area contributed by atoms with Crippen LogP contribution in [0.3, 0.4) is 0 Å². The van der Waals surface area contributed by atoms with Gasteiger partial charge in [0.1, 0.15) is 23.1 Å². The van der Waals surface area contributed by atoms with Gasteiger partial charge in [-0.1, -0.05) is 11.6 Å². The summed E-state index contributed by atoms with van der Waals surface area (Å²) in [5, 5.41) is 12.4. The van der Waals surface area contributed by atoms with E-state index in [1.807, 2.05) is 13.0 Å². The van der Waals surface area contributed by atoms with Crippen molar-refractivity contribution in [3.8, 4) is 11.8 Å². The van der Waals surface area contributed by atoms with Crippen molar-refractivity contribution in [2.24, 2.45) is 0 Å². The highest BCUT2D eigenvalue weighted by Gasteiger charge is 2.22. The van der Waals surface area contributed by atoms with E-state index in [4.69, 9.17) is 21.6 Å². The van der Waals surface area contributed by atoms with Crippen molar-refractivity contribution in [3.05, 3.63) is 23.0 Å². The summed E-state index contributed by atoms with van der Waals surface area (Å²) in [7, 11) is 0. The van der Waals surface area contributed by atoms with Crippen LogP contribution < -0.4 is 10.1 Å². The summed E-state index contributed by atoms with van der Waals surface area (Å²) in [6.45, 7) is 3.06. The van der Waals surface area contributed by atoms with Crippen molar-refractivity contribution in [3.63, 3.8) is 0 Å². The summed E-state index contributed by atoms with van der Waals surface area (Å²) < 4.78 is 5.76. The molecule has 1 fully saturated rings. The molecule has 2 heterocycles. The zero-order chi connectivity index (χ0) is 12.3. The summed E-state index contributed by atoms with van der Waals surface area (Å²) in [5.41, 5.74) is 0.343. The van der Waals surface area contributed by atoms with Crippen molar-refractivity contribution in [1.29, 1.82) is 5.26 Å². The van der Waals surface area contributed by atoms with E-state index in [1.165, 1.54) is 6.42 Å². The van der Waals surface area contributed by atoms with E-state index < -0.39 is 0 Å². The molecule has 1 unspecified atom stereocenters. The second-order valence-electron chi connectivity index (χ2n) is 4.15. The summed E-state index contributed by atoms with van der Waals surface area (Å²) in [6, 6.07) is 3.99. The zero-order valence-electron chi connectivity index (χ0n) is 9.61. The summed E-state index contributed by atoms with van der Waals surface area (Å²) in [5.74, 6) is 0.590. The number of aromatic nitrogens is 1. The Hall–Kier alpha value is -1.31. The average molecular weight is 252 g/mol. The van der Waals surface area contributed by atoms with Gasteiger partial charge in [0.2, 0.25) is 0 Å². The Morgan fingerprint density at radius 1 is 1.71 bits per heavy atom. The number of rotatable bonds is 3. The van der Waals surface area contributed by atoms with Gasteiger partial charge in [-0.05, 0) is 26.3 Å². The van der Waals surface area contributed by atoms with Gasteiger partial charge in [-0.3, -0.25) is 0 Å². The van der Waals surface area contributed by atoms with Gasteiger partial charge in [-0.25, -0.2) is 4.98 Å². The first-order chi connectivity index (χ1) is 8.20.